The fourth-order valence-electron chi connectivity index (χ4n) is 5.20. The normalized spacial score (nSPS) is 19.2. The summed E-state index contributed by atoms with van der Waals surface area (Å²) < 4.78 is 5.89. The Morgan fingerprint density at radius 2 is 1.60 bits per heavy atom. The fraction of sp³-hybridized carbons (Fsp3) is 0.517. The number of carbonyl (C=O) groups excluding carboxylic acids is 2. The Labute approximate surface area is 209 Å². The molecule has 6 heteroatoms. The zero-order chi connectivity index (χ0) is 24.8. The van der Waals surface area contributed by atoms with Gasteiger partial charge in [-0.05, 0) is 83.0 Å². The molecule has 2 aliphatic rings. The lowest BCUT2D eigenvalue weighted by molar-refractivity contribution is 0.0624. The van der Waals surface area contributed by atoms with Gasteiger partial charge in [0.15, 0.2) is 5.78 Å². The van der Waals surface area contributed by atoms with Crippen LogP contribution in [0.5, 0.6) is 5.75 Å². The van der Waals surface area contributed by atoms with Crippen LogP contribution in [0.1, 0.15) is 58.0 Å². The molecule has 2 fully saturated rings. The number of aryl methyl sites for hydroxylation is 2. The number of benzene rings is 2. The Kier molecular flexibility index (Phi) is 8.58. The van der Waals surface area contributed by atoms with E-state index in [4.69, 9.17) is 4.74 Å². The Morgan fingerprint density at radius 1 is 0.914 bits per heavy atom. The molecule has 0 aromatic heterocycles. The summed E-state index contributed by atoms with van der Waals surface area (Å²) in [6.07, 6.45) is 3.62. The van der Waals surface area contributed by atoms with Gasteiger partial charge in [-0.25, -0.2) is 0 Å². The van der Waals surface area contributed by atoms with E-state index in [0.717, 1.165) is 35.4 Å². The van der Waals surface area contributed by atoms with Gasteiger partial charge in [0.25, 0.3) is 5.91 Å². The van der Waals surface area contributed by atoms with E-state index >= 15 is 0 Å². The number of carbonyl (C=O) groups is 2. The smallest absolute Gasteiger partial charge is 0.253 e. The minimum atomic E-state index is 0.0771. The van der Waals surface area contributed by atoms with Crippen LogP contribution < -0.4 is 4.74 Å². The highest BCUT2D eigenvalue weighted by Crippen LogP contribution is 2.18. The average Bonchev–Trinajstić information content (AvgIpc) is 3.26. The third-order valence-electron chi connectivity index (χ3n) is 7.22. The molecule has 1 amide bonds. The van der Waals surface area contributed by atoms with Gasteiger partial charge in [-0.1, -0.05) is 17.2 Å². The Bertz CT molecular complexity index is 992. The molecule has 0 N–H and O–H groups in total. The van der Waals surface area contributed by atoms with Gasteiger partial charge in [0.1, 0.15) is 5.75 Å². The van der Waals surface area contributed by atoms with Gasteiger partial charge in [-0.2, -0.15) is 0 Å². The molecule has 0 radical (unpaired) electrons. The van der Waals surface area contributed by atoms with Crippen LogP contribution in [0.25, 0.3) is 0 Å². The molecule has 4 rings (SSSR count). The standard InChI is InChI=1S/C29H39N3O3/c1-22-18-23(2)20-26(19-22)29(34)32-15-13-30(14-16-32)21-28(33)25-7-9-27(10-8-25)35-17-5-12-31-11-4-6-24(31)3/h7-10,18-20,24H,4-6,11-17,21H2,1-3H3. The maximum Gasteiger partial charge on any atom is 0.253 e. The summed E-state index contributed by atoms with van der Waals surface area (Å²) >= 11 is 0. The van der Waals surface area contributed by atoms with Crippen molar-refractivity contribution in [2.75, 3.05) is 52.4 Å². The van der Waals surface area contributed by atoms with Gasteiger partial charge < -0.3 is 14.5 Å². The van der Waals surface area contributed by atoms with Crippen LogP contribution in [0.3, 0.4) is 0 Å². The van der Waals surface area contributed by atoms with Crippen LogP contribution in [-0.4, -0.2) is 84.9 Å². The van der Waals surface area contributed by atoms with Crippen LogP contribution in [0, 0.1) is 13.8 Å². The third-order valence-corrected chi connectivity index (χ3v) is 7.22. The Morgan fingerprint density at radius 3 is 2.23 bits per heavy atom. The number of hydrogen-bond acceptors (Lipinski definition) is 5. The van der Waals surface area contributed by atoms with E-state index in [1.807, 2.05) is 55.1 Å². The molecule has 2 aromatic rings. The van der Waals surface area contributed by atoms with Crippen molar-refractivity contribution in [3.63, 3.8) is 0 Å². The molecule has 2 aliphatic heterocycles. The number of amides is 1. The number of piperazine rings is 1. The minimum Gasteiger partial charge on any atom is -0.494 e. The summed E-state index contributed by atoms with van der Waals surface area (Å²) in [5, 5.41) is 0. The first-order valence-electron chi connectivity index (χ1n) is 13.0. The van der Waals surface area contributed by atoms with Crippen molar-refractivity contribution in [2.45, 2.75) is 46.1 Å². The molecule has 0 aliphatic carbocycles. The topological polar surface area (TPSA) is 53.1 Å². The number of rotatable bonds is 9. The number of hydrogen-bond donors (Lipinski definition) is 0. The molecule has 0 spiro atoms. The Balaban J connectivity index is 1.19. The number of ether oxygens (including phenoxy) is 1. The van der Waals surface area contributed by atoms with E-state index in [1.54, 1.807) is 0 Å². The van der Waals surface area contributed by atoms with Gasteiger partial charge in [0, 0.05) is 49.9 Å². The highest BCUT2D eigenvalue weighted by Gasteiger charge is 2.24. The van der Waals surface area contributed by atoms with Crippen molar-refractivity contribution in [1.29, 1.82) is 0 Å². The lowest BCUT2D eigenvalue weighted by Crippen LogP contribution is -2.49. The summed E-state index contributed by atoms with van der Waals surface area (Å²) in [4.78, 5) is 32.3. The van der Waals surface area contributed by atoms with Gasteiger partial charge in [0.2, 0.25) is 0 Å². The van der Waals surface area contributed by atoms with Crippen molar-refractivity contribution in [3.8, 4) is 5.75 Å². The lowest BCUT2D eigenvalue weighted by atomic mass is 10.1. The van der Waals surface area contributed by atoms with Crippen molar-refractivity contribution in [2.24, 2.45) is 0 Å². The van der Waals surface area contributed by atoms with Gasteiger partial charge >= 0.3 is 0 Å². The fourth-order valence-corrected chi connectivity index (χ4v) is 5.20. The molecular formula is C29H39N3O3. The quantitative estimate of drug-likeness (QED) is 0.400. The SMILES string of the molecule is Cc1cc(C)cc(C(=O)N2CCN(CC(=O)c3ccc(OCCCN4CCCC4C)cc3)CC2)c1. The molecule has 2 heterocycles. The summed E-state index contributed by atoms with van der Waals surface area (Å²) in [6, 6.07) is 14.2. The molecule has 35 heavy (non-hydrogen) atoms. The van der Waals surface area contributed by atoms with E-state index in [0.29, 0.717) is 50.9 Å². The second kappa shape index (κ2) is 11.8. The van der Waals surface area contributed by atoms with E-state index < -0.39 is 0 Å². The first-order chi connectivity index (χ1) is 16.9. The molecule has 188 valence electrons. The highest BCUT2D eigenvalue weighted by molar-refractivity contribution is 5.98. The first kappa shape index (κ1) is 25.4. The number of Topliss-reactive ketones (excluding diaryl/α,β-unsaturated/α-hetero) is 1. The van der Waals surface area contributed by atoms with E-state index in [1.165, 1.54) is 19.4 Å². The van der Waals surface area contributed by atoms with Crippen molar-refractivity contribution in [3.05, 3.63) is 64.7 Å². The highest BCUT2D eigenvalue weighted by atomic mass is 16.5. The third kappa shape index (κ3) is 6.92. The monoisotopic (exact) mass is 477 g/mol. The van der Waals surface area contributed by atoms with Crippen molar-refractivity contribution >= 4 is 11.7 Å². The minimum absolute atomic E-state index is 0.0771. The second-order valence-electron chi connectivity index (χ2n) is 10.1. The van der Waals surface area contributed by atoms with Crippen LogP contribution in [0.15, 0.2) is 42.5 Å². The molecule has 1 atom stereocenters. The van der Waals surface area contributed by atoms with Crippen LogP contribution in [-0.2, 0) is 0 Å². The summed E-state index contributed by atoms with van der Waals surface area (Å²) in [6.45, 7) is 12.4. The van der Waals surface area contributed by atoms with Gasteiger partial charge in [-0.3, -0.25) is 14.5 Å². The van der Waals surface area contributed by atoms with Crippen molar-refractivity contribution < 1.29 is 14.3 Å². The van der Waals surface area contributed by atoms with E-state index in [9.17, 15) is 9.59 Å². The maximum absolute atomic E-state index is 12.9. The lowest BCUT2D eigenvalue weighted by Gasteiger charge is -2.34. The van der Waals surface area contributed by atoms with Crippen LogP contribution in [0.2, 0.25) is 0 Å². The van der Waals surface area contributed by atoms with Gasteiger partial charge in [0.05, 0.1) is 13.2 Å². The molecule has 2 saturated heterocycles. The number of ketones is 1. The number of likely N-dealkylation sites (tertiary alicyclic amines) is 1. The summed E-state index contributed by atoms with van der Waals surface area (Å²) in [7, 11) is 0. The zero-order valence-electron chi connectivity index (χ0n) is 21.5. The summed E-state index contributed by atoms with van der Waals surface area (Å²) in [5.74, 6) is 0.997. The van der Waals surface area contributed by atoms with Crippen molar-refractivity contribution in [1.82, 2.24) is 14.7 Å². The van der Waals surface area contributed by atoms with E-state index in [-0.39, 0.29) is 11.7 Å². The largest absolute Gasteiger partial charge is 0.494 e. The molecule has 6 nitrogen and oxygen atoms in total. The van der Waals surface area contributed by atoms with Crippen LogP contribution >= 0.6 is 0 Å². The predicted octanol–water partition coefficient (Wildman–Crippen LogP) is 4.20. The van der Waals surface area contributed by atoms with Gasteiger partial charge in [-0.15, -0.1) is 0 Å². The van der Waals surface area contributed by atoms with Crippen LogP contribution in [0.4, 0.5) is 0 Å². The molecule has 2 aromatic carbocycles. The van der Waals surface area contributed by atoms with E-state index in [2.05, 4.69) is 22.8 Å². The molecule has 0 saturated carbocycles. The zero-order valence-corrected chi connectivity index (χ0v) is 21.5. The second-order valence-corrected chi connectivity index (χ2v) is 10.1. The predicted molar refractivity (Wildman–Crippen MR) is 139 cm³/mol. The summed E-state index contributed by atoms with van der Waals surface area (Å²) in [5.41, 5.74) is 3.66. The number of nitrogens with zero attached hydrogens (tertiary/aromatic N) is 3. The molecular weight excluding hydrogens is 438 g/mol. The first-order valence-corrected chi connectivity index (χ1v) is 13.0. The maximum atomic E-state index is 12.9. The average molecular weight is 478 g/mol. The molecule has 0 bridgehead atoms. The molecule has 1 unspecified atom stereocenters. The Hall–Kier alpha value is -2.70.